The summed E-state index contributed by atoms with van der Waals surface area (Å²) >= 11 is 0. The normalized spacial score (nSPS) is 10.8. The van der Waals surface area contributed by atoms with Crippen LogP contribution in [0.2, 0.25) is 0 Å². The number of ketones is 2. The Balaban J connectivity index is -0.0000000639. The first-order valence-electron chi connectivity index (χ1n) is 12.4. The minimum Gasteiger partial charge on any atom is -1.00 e. The Kier molecular flexibility index (Phi) is 50.4. The van der Waals surface area contributed by atoms with Crippen LogP contribution < -0.4 is 22.7 Å². The molecule has 1 aliphatic heterocycles. The molecule has 11 nitrogen and oxygen atoms in total. The number of hydrogen-bond donors (Lipinski definition) is 1. The molecule has 1 saturated heterocycles. The number of hydrogen-bond acceptors (Lipinski definition) is 10. The van der Waals surface area contributed by atoms with Crippen LogP contribution in [0.3, 0.4) is 0 Å². The second-order valence-corrected chi connectivity index (χ2v) is 10.2. The van der Waals surface area contributed by atoms with E-state index in [1.165, 1.54) is 40.8 Å². The van der Waals surface area contributed by atoms with E-state index in [0.29, 0.717) is 0 Å². The first-order chi connectivity index (χ1) is 16.8. The molecule has 0 atom stereocenters. The topological polar surface area (TPSA) is 152 Å². The van der Waals surface area contributed by atoms with Crippen LogP contribution in [0.25, 0.3) is 0 Å². The van der Waals surface area contributed by atoms with Crippen molar-refractivity contribution in [2.75, 3.05) is 33.9 Å². The molecule has 0 aromatic carbocycles. The van der Waals surface area contributed by atoms with Gasteiger partial charge in [0, 0.05) is 33.1 Å². The fourth-order valence-corrected chi connectivity index (χ4v) is 2.04. The van der Waals surface area contributed by atoms with Crippen molar-refractivity contribution in [3.63, 3.8) is 0 Å². The first-order valence-corrected chi connectivity index (χ1v) is 12.4. The maximum absolute atomic E-state index is 11.2. The van der Waals surface area contributed by atoms with Crippen molar-refractivity contribution in [3.8, 4) is 0 Å². The maximum atomic E-state index is 11.2. The standard InChI is InChI=1S/C10H19NO4.C9H16O3.C4H8O.C3H7NO.CH3.BrH.2ClH.Mg/c1-10(2,3)15-9(13)7-6-8(12)11(4)14-5;1-7(10)5-6-8(11)12-9(2,3)4;1-2-4-5-3-1;1-3(5)2-4;;;;;/h6-7H2,1-5H3;5-6H2,1-4H3;1-4H2;2,4H2,1H3;1H3;3*1H;/q;;;;-1;;;;+2/p-1. The van der Waals surface area contributed by atoms with Gasteiger partial charge in [0.15, 0.2) is 0 Å². The van der Waals surface area contributed by atoms with Crippen molar-refractivity contribution in [3.05, 3.63) is 7.43 Å². The zero-order chi connectivity index (χ0) is 29.7. The van der Waals surface area contributed by atoms with Gasteiger partial charge in [-0.3, -0.25) is 24.0 Å². The molecule has 0 radical (unpaired) electrons. The molecule has 1 heterocycles. The van der Waals surface area contributed by atoms with Crippen LogP contribution >= 0.6 is 24.8 Å². The predicted molar refractivity (Wildman–Crippen MR) is 167 cm³/mol. The van der Waals surface area contributed by atoms with Crippen molar-refractivity contribution in [1.82, 2.24) is 5.06 Å². The number of amides is 1. The minimum atomic E-state index is -0.507. The predicted octanol–water partition coefficient (Wildman–Crippen LogP) is 1.07. The van der Waals surface area contributed by atoms with E-state index in [2.05, 4.69) is 4.84 Å². The summed E-state index contributed by atoms with van der Waals surface area (Å²) in [6, 6.07) is 0. The summed E-state index contributed by atoms with van der Waals surface area (Å²) in [6.07, 6.45) is 3.19. The third-order valence-corrected chi connectivity index (χ3v) is 3.80. The summed E-state index contributed by atoms with van der Waals surface area (Å²) in [4.78, 5) is 58.3. The summed E-state index contributed by atoms with van der Waals surface area (Å²) in [6.45, 7) is 15.9. The van der Waals surface area contributed by atoms with Crippen molar-refractivity contribution in [2.24, 2.45) is 5.73 Å². The molecule has 0 unspecified atom stereocenters. The Hall–Kier alpha value is -0.544. The number of Topliss-reactive ketones (excluding diaryl/α,β-unsaturated/α-hetero) is 2. The third-order valence-electron chi connectivity index (χ3n) is 3.80. The number of ether oxygens (including phenoxy) is 3. The van der Waals surface area contributed by atoms with Gasteiger partial charge in [-0.1, -0.05) is 0 Å². The number of nitrogens with zero attached hydrogens (tertiary/aromatic N) is 1. The summed E-state index contributed by atoms with van der Waals surface area (Å²) in [5.74, 6) is -0.882. The molecule has 42 heavy (non-hydrogen) atoms. The Morgan fingerprint density at radius 2 is 1.10 bits per heavy atom. The van der Waals surface area contributed by atoms with Crippen LogP contribution in [0.1, 0.15) is 93.9 Å². The fraction of sp³-hybridized carbons (Fsp3) is 0.778. The Morgan fingerprint density at radius 1 is 0.762 bits per heavy atom. The van der Waals surface area contributed by atoms with Crippen LogP contribution in [0.5, 0.6) is 0 Å². The van der Waals surface area contributed by atoms with E-state index in [9.17, 15) is 24.0 Å². The molecule has 1 fully saturated rings. The zero-order valence-electron chi connectivity index (χ0n) is 27.5. The molecule has 0 aromatic heterocycles. The molecule has 0 aliphatic carbocycles. The van der Waals surface area contributed by atoms with Crippen molar-refractivity contribution >= 4 is 77.3 Å². The Morgan fingerprint density at radius 3 is 1.31 bits per heavy atom. The minimum absolute atomic E-state index is 0. The quantitative estimate of drug-likeness (QED) is 0.167. The van der Waals surface area contributed by atoms with Gasteiger partial charge in [0.05, 0.1) is 26.5 Å². The van der Waals surface area contributed by atoms with Crippen molar-refractivity contribution in [1.29, 1.82) is 0 Å². The van der Waals surface area contributed by atoms with Gasteiger partial charge in [-0.2, -0.15) is 0 Å². The average Bonchev–Trinajstić information content (AvgIpc) is 3.34. The third kappa shape index (κ3) is 55.4. The van der Waals surface area contributed by atoms with Crippen molar-refractivity contribution in [2.45, 2.75) is 105 Å². The number of halogens is 3. The van der Waals surface area contributed by atoms with Gasteiger partial charge in [0.1, 0.15) is 22.8 Å². The van der Waals surface area contributed by atoms with Crippen molar-refractivity contribution < 1.29 is 60.0 Å². The molecule has 15 heteroatoms. The molecule has 1 rings (SSSR count). The van der Waals surface area contributed by atoms with Crippen LogP contribution in [0.4, 0.5) is 0 Å². The van der Waals surface area contributed by atoms with E-state index in [-0.39, 0.29) is 134 Å². The Bertz CT molecular complexity index is 694. The first kappa shape index (κ1) is 60.6. The summed E-state index contributed by atoms with van der Waals surface area (Å²) in [7, 11) is 2.89. The van der Waals surface area contributed by atoms with E-state index in [4.69, 9.17) is 19.9 Å². The Labute approximate surface area is 293 Å². The van der Waals surface area contributed by atoms with E-state index >= 15 is 0 Å². The van der Waals surface area contributed by atoms with Gasteiger partial charge in [0.2, 0.25) is 5.91 Å². The number of carbonyl (C=O) groups excluding carboxylic acids is 5. The number of nitrogens with two attached hydrogens (primary N) is 1. The maximum Gasteiger partial charge on any atom is 2.00 e. The second-order valence-electron chi connectivity index (χ2n) is 10.2. The number of rotatable bonds is 8. The molecule has 250 valence electrons. The van der Waals surface area contributed by atoms with E-state index in [1.807, 2.05) is 0 Å². The largest absolute Gasteiger partial charge is 2.00 e. The molecule has 0 spiro atoms. The zero-order valence-corrected chi connectivity index (χ0v) is 32.1. The van der Waals surface area contributed by atoms with E-state index < -0.39 is 11.2 Å². The fourth-order valence-electron chi connectivity index (χ4n) is 2.04. The number of hydroxylamine groups is 2. The van der Waals surface area contributed by atoms with E-state index in [0.717, 1.165) is 18.3 Å². The van der Waals surface area contributed by atoms with Gasteiger partial charge < -0.3 is 49.1 Å². The van der Waals surface area contributed by atoms with Gasteiger partial charge in [0.25, 0.3) is 0 Å². The average molecular weight is 727 g/mol. The summed E-state index contributed by atoms with van der Waals surface area (Å²) in [5, 5.41) is 1.09. The molecule has 1 aliphatic rings. The molecule has 1 amide bonds. The summed E-state index contributed by atoms with van der Waals surface area (Å²) in [5.41, 5.74) is 3.86. The molecule has 0 aromatic rings. The molecule has 2 N–H and O–H groups in total. The molecular weight excluding hydrogens is 671 g/mol. The van der Waals surface area contributed by atoms with Crippen LogP contribution in [-0.2, 0) is 43.0 Å². The van der Waals surface area contributed by atoms with Gasteiger partial charge in [-0.05, 0) is 68.2 Å². The molecule has 0 saturated carbocycles. The SMILES string of the molecule is C1CCOC1.CC(=O)CCC(=O)OC(C)(C)C.CC(=O)CN.CON(C)C(=O)CCC(=O)OC(C)(C)C.Cl.Cl.[Br-].[CH3-].[Mg+2]. The van der Waals surface area contributed by atoms with Crippen LogP contribution in [-0.4, -0.2) is 103 Å². The van der Waals surface area contributed by atoms with Gasteiger partial charge in [-0.15, -0.1) is 24.8 Å². The van der Waals surface area contributed by atoms with Gasteiger partial charge in [-0.25, -0.2) is 5.06 Å². The smallest absolute Gasteiger partial charge is 1.00 e. The van der Waals surface area contributed by atoms with Crippen LogP contribution in [0.15, 0.2) is 0 Å². The monoisotopic (exact) mass is 724 g/mol. The number of esters is 2. The molecular formula is C27H55BrCl2MgN2O9. The second kappa shape index (κ2) is 34.9. The van der Waals surface area contributed by atoms with Crippen LogP contribution in [0, 0.1) is 7.43 Å². The number of carbonyl (C=O) groups is 5. The van der Waals surface area contributed by atoms with Gasteiger partial charge >= 0.3 is 35.0 Å². The van der Waals surface area contributed by atoms with E-state index in [1.54, 1.807) is 41.5 Å². The summed E-state index contributed by atoms with van der Waals surface area (Å²) < 4.78 is 15.0. The molecule has 0 bridgehead atoms.